The lowest BCUT2D eigenvalue weighted by molar-refractivity contribution is -0.306. The highest BCUT2D eigenvalue weighted by atomic mass is 35.5. The van der Waals surface area contributed by atoms with Crippen molar-refractivity contribution in [2.75, 3.05) is 0 Å². The van der Waals surface area contributed by atoms with E-state index in [2.05, 4.69) is 0 Å². The summed E-state index contributed by atoms with van der Waals surface area (Å²) in [5, 5.41) is 13.0. The summed E-state index contributed by atoms with van der Waals surface area (Å²) in [7, 11) is 0. The SMILES string of the molecule is O=C([O-])Cn1c2c(c3ccccc31)CSc1ccc(Cl)cc1-2. The average molecular weight is 329 g/mol. The fraction of sp³-hybridized carbons (Fsp3) is 0.118. The van der Waals surface area contributed by atoms with Crippen LogP contribution in [0.25, 0.3) is 22.2 Å². The van der Waals surface area contributed by atoms with E-state index < -0.39 is 5.97 Å². The van der Waals surface area contributed by atoms with Crippen molar-refractivity contribution in [3.05, 3.63) is 53.1 Å². The number of halogens is 1. The molecule has 0 N–H and O–H groups in total. The average Bonchev–Trinajstić information content (AvgIpc) is 2.82. The van der Waals surface area contributed by atoms with E-state index in [4.69, 9.17) is 11.6 Å². The van der Waals surface area contributed by atoms with E-state index >= 15 is 0 Å². The molecule has 0 fully saturated rings. The summed E-state index contributed by atoms with van der Waals surface area (Å²) in [5.41, 5.74) is 4.03. The Labute approximate surface area is 136 Å². The maximum atomic E-state index is 11.2. The number of aromatic nitrogens is 1. The molecule has 0 spiro atoms. The Bertz CT molecular complexity index is 916. The number of aliphatic carboxylic acids is 1. The van der Waals surface area contributed by atoms with Crippen LogP contribution in [0.15, 0.2) is 47.4 Å². The van der Waals surface area contributed by atoms with Gasteiger partial charge in [-0.1, -0.05) is 29.8 Å². The third-order valence-electron chi connectivity index (χ3n) is 3.93. The number of thioether (sulfide) groups is 1. The second-order valence-corrected chi connectivity index (χ2v) is 6.69. The van der Waals surface area contributed by atoms with Crippen molar-refractivity contribution < 1.29 is 9.90 Å². The molecule has 0 saturated carbocycles. The van der Waals surface area contributed by atoms with Gasteiger partial charge in [-0.3, -0.25) is 0 Å². The van der Waals surface area contributed by atoms with Crippen LogP contribution in [0.4, 0.5) is 0 Å². The Morgan fingerprint density at radius 1 is 1.27 bits per heavy atom. The Balaban J connectivity index is 2.10. The third kappa shape index (κ3) is 2.02. The molecule has 1 aromatic heterocycles. The predicted octanol–water partition coefficient (Wildman–Crippen LogP) is 3.32. The van der Waals surface area contributed by atoms with Crippen molar-refractivity contribution in [2.24, 2.45) is 0 Å². The first kappa shape index (κ1) is 13.7. The largest absolute Gasteiger partial charge is 0.548 e. The molecule has 1 aliphatic rings. The van der Waals surface area contributed by atoms with E-state index in [1.807, 2.05) is 47.0 Å². The van der Waals surface area contributed by atoms with Crippen LogP contribution in [0.3, 0.4) is 0 Å². The molecule has 0 saturated heterocycles. The molecule has 4 rings (SSSR count). The molecule has 1 aliphatic heterocycles. The molecular formula is C17H11ClNO2S-. The number of nitrogens with zero attached hydrogens (tertiary/aromatic N) is 1. The van der Waals surface area contributed by atoms with Crippen LogP contribution in [0.1, 0.15) is 5.56 Å². The topological polar surface area (TPSA) is 45.1 Å². The van der Waals surface area contributed by atoms with Gasteiger partial charge in [0, 0.05) is 32.1 Å². The number of hydrogen-bond acceptors (Lipinski definition) is 3. The summed E-state index contributed by atoms with van der Waals surface area (Å²) < 4.78 is 1.83. The summed E-state index contributed by atoms with van der Waals surface area (Å²) in [6.45, 7) is -0.160. The van der Waals surface area contributed by atoms with E-state index in [1.54, 1.807) is 11.8 Å². The lowest BCUT2D eigenvalue weighted by Gasteiger charge is -2.20. The molecule has 0 bridgehead atoms. The maximum absolute atomic E-state index is 11.2. The number of benzene rings is 2. The van der Waals surface area contributed by atoms with Gasteiger partial charge in [0.1, 0.15) is 0 Å². The minimum absolute atomic E-state index is 0.160. The number of fused-ring (bicyclic) bond motifs is 5. The van der Waals surface area contributed by atoms with Gasteiger partial charge < -0.3 is 14.5 Å². The molecule has 2 heterocycles. The second kappa shape index (κ2) is 5.07. The third-order valence-corrected chi connectivity index (χ3v) is 5.27. The van der Waals surface area contributed by atoms with Gasteiger partial charge in [0.2, 0.25) is 0 Å². The number of rotatable bonds is 2. The van der Waals surface area contributed by atoms with Crippen molar-refractivity contribution in [3.8, 4) is 11.3 Å². The van der Waals surface area contributed by atoms with E-state index in [0.29, 0.717) is 5.02 Å². The maximum Gasteiger partial charge on any atom is 0.0627 e. The number of carboxylic acid groups (broad SMARTS) is 1. The fourth-order valence-electron chi connectivity index (χ4n) is 3.09. The molecule has 0 unspecified atom stereocenters. The Morgan fingerprint density at radius 2 is 2.09 bits per heavy atom. The van der Waals surface area contributed by atoms with Crippen molar-refractivity contribution in [1.82, 2.24) is 4.57 Å². The highest BCUT2D eigenvalue weighted by molar-refractivity contribution is 7.98. The number of carboxylic acids is 1. The van der Waals surface area contributed by atoms with Crippen LogP contribution in [0.5, 0.6) is 0 Å². The summed E-state index contributed by atoms with van der Waals surface area (Å²) in [5.74, 6) is -0.268. The second-order valence-electron chi connectivity index (χ2n) is 5.23. The molecular weight excluding hydrogens is 318 g/mol. The molecule has 0 aliphatic carbocycles. The van der Waals surface area contributed by atoms with Gasteiger partial charge in [0.15, 0.2) is 0 Å². The zero-order chi connectivity index (χ0) is 15.3. The molecule has 0 amide bonds. The molecule has 22 heavy (non-hydrogen) atoms. The number of para-hydroxylation sites is 1. The molecule has 110 valence electrons. The first-order valence-corrected chi connectivity index (χ1v) is 8.24. The summed E-state index contributed by atoms with van der Waals surface area (Å²) in [4.78, 5) is 12.3. The lowest BCUT2D eigenvalue weighted by atomic mass is 10.1. The Kier molecular flexibility index (Phi) is 3.17. The number of carbonyl (C=O) groups is 1. The van der Waals surface area contributed by atoms with Gasteiger partial charge in [-0.25, -0.2) is 0 Å². The summed E-state index contributed by atoms with van der Waals surface area (Å²) in [6.07, 6.45) is 0. The molecule has 0 atom stereocenters. The van der Waals surface area contributed by atoms with Gasteiger partial charge in [0.25, 0.3) is 0 Å². The number of carbonyl (C=O) groups excluding carboxylic acids is 1. The molecule has 3 nitrogen and oxygen atoms in total. The molecule has 2 aromatic carbocycles. The van der Waals surface area contributed by atoms with Gasteiger partial charge in [0.05, 0.1) is 18.2 Å². The van der Waals surface area contributed by atoms with E-state index in [-0.39, 0.29) is 6.54 Å². The zero-order valence-electron chi connectivity index (χ0n) is 11.5. The Hall–Kier alpha value is -1.91. The Morgan fingerprint density at radius 3 is 2.91 bits per heavy atom. The predicted molar refractivity (Wildman–Crippen MR) is 87.0 cm³/mol. The van der Waals surface area contributed by atoms with Crippen LogP contribution in [0.2, 0.25) is 5.02 Å². The monoisotopic (exact) mass is 328 g/mol. The first-order chi connectivity index (χ1) is 10.6. The van der Waals surface area contributed by atoms with E-state index in [0.717, 1.165) is 38.4 Å². The lowest BCUT2D eigenvalue weighted by Crippen LogP contribution is -2.27. The highest BCUT2D eigenvalue weighted by Gasteiger charge is 2.24. The van der Waals surface area contributed by atoms with Crippen LogP contribution < -0.4 is 5.11 Å². The molecule has 5 heteroatoms. The fourth-order valence-corrected chi connectivity index (χ4v) is 4.33. The minimum atomic E-state index is -1.09. The van der Waals surface area contributed by atoms with Gasteiger partial charge in [-0.2, -0.15) is 0 Å². The van der Waals surface area contributed by atoms with Crippen molar-refractivity contribution >= 4 is 40.2 Å². The standard InChI is InChI=1S/C17H12ClNO2S/c18-10-5-6-15-12(7-10)17-13(9-22-15)11-3-1-2-4-14(11)19(17)8-16(20)21/h1-7H,8-9H2,(H,20,21)/p-1. The molecule has 0 radical (unpaired) electrons. The van der Waals surface area contributed by atoms with Gasteiger partial charge in [-0.15, -0.1) is 11.8 Å². The molecule has 3 aromatic rings. The van der Waals surface area contributed by atoms with Gasteiger partial charge in [-0.05, 0) is 29.8 Å². The van der Waals surface area contributed by atoms with Crippen molar-refractivity contribution in [3.63, 3.8) is 0 Å². The van der Waals surface area contributed by atoms with Crippen LogP contribution in [0, 0.1) is 0 Å². The summed E-state index contributed by atoms with van der Waals surface area (Å²) in [6, 6.07) is 13.7. The van der Waals surface area contributed by atoms with Gasteiger partial charge >= 0.3 is 0 Å². The first-order valence-electron chi connectivity index (χ1n) is 6.88. The quantitative estimate of drug-likeness (QED) is 0.725. The summed E-state index contributed by atoms with van der Waals surface area (Å²) >= 11 is 7.90. The zero-order valence-corrected chi connectivity index (χ0v) is 13.1. The van der Waals surface area contributed by atoms with Crippen LogP contribution >= 0.6 is 23.4 Å². The van der Waals surface area contributed by atoms with Crippen LogP contribution in [-0.4, -0.2) is 10.5 Å². The number of hydrogen-bond donors (Lipinski definition) is 0. The normalized spacial score (nSPS) is 13.0. The van der Waals surface area contributed by atoms with E-state index in [1.165, 1.54) is 0 Å². The highest BCUT2D eigenvalue weighted by Crippen LogP contribution is 2.46. The smallest absolute Gasteiger partial charge is 0.0627 e. The van der Waals surface area contributed by atoms with Crippen molar-refractivity contribution in [2.45, 2.75) is 17.2 Å². The minimum Gasteiger partial charge on any atom is -0.548 e. The van der Waals surface area contributed by atoms with Crippen LogP contribution in [-0.2, 0) is 17.1 Å². The van der Waals surface area contributed by atoms with E-state index in [9.17, 15) is 9.90 Å². The van der Waals surface area contributed by atoms with Crippen molar-refractivity contribution in [1.29, 1.82) is 0 Å².